The summed E-state index contributed by atoms with van der Waals surface area (Å²) in [4.78, 5) is 14.5. The molecule has 0 amide bonds. The third kappa shape index (κ3) is 2.48. The molecule has 0 saturated heterocycles. The number of hydrogen-bond acceptors (Lipinski definition) is 2. The van der Waals surface area contributed by atoms with Gasteiger partial charge in [-0.1, -0.05) is 26.0 Å². The molecule has 102 valence electrons. The topological polar surface area (TPSA) is 29.4 Å². The van der Waals surface area contributed by atoms with Crippen LogP contribution in [0.25, 0.3) is 0 Å². The first-order chi connectivity index (χ1) is 9.16. The molecule has 1 aliphatic rings. The van der Waals surface area contributed by atoms with E-state index in [9.17, 15) is 9.18 Å². The van der Waals surface area contributed by atoms with E-state index in [1.807, 2.05) is 12.1 Å². The van der Waals surface area contributed by atoms with Gasteiger partial charge >= 0.3 is 0 Å². The summed E-state index contributed by atoms with van der Waals surface area (Å²) >= 11 is 0. The van der Waals surface area contributed by atoms with E-state index in [0.29, 0.717) is 0 Å². The van der Waals surface area contributed by atoms with Crippen molar-refractivity contribution in [1.82, 2.24) is 0 Å². The molecule has 2 rings (SSSR count). The van der Waals surface area contributed by atoms with Gasteiger partial charge in [-0.3, -0.25) is 0 Å². The quantitative estimate of drug-likeness (QED) is 0.569. The molecule has 2 nitrogen and oxygen atoms in total. The summed E-state index contributed by atoms with van der Waals surface area (Å²) in [7, 11) is 0. The second kappa shape index (κ2) is 5.66. The summed E-state index contributed by atoms with van der Waals surface area (Å²) in [6.45, 7) is 4.15. The minimum absolute atomic E-state index is 0.168. The normalized spacial score (nSPS) is 16.8. The van der Waals surface area contributed by atoms with Crippen molar-refractivity contribution >= 4 is 6.08 Å². The van der Waals surface area contributed by atoms with Gasteiger partial charge in [-0.2, -0.15) is 4.99 Å². The van der Waals surface area contributed by atoms with Gasteiger partial charge in [0.15, 0.2) is 0 Å². The van der Waals surface area contributed by atoms with Crippen LogP contribution in [-0.2, 0) is 10.3 Å². The summed E-state index contributed by atoms with van der Waals surface area (Å²) in [6.07, 6.45) is 6.16. The Morgan fingerprint density at radius 3 is 2.47 bits per heavy atom. The van der Waals surface area contributed by atoms with Crippen molar-refractivity contribution < 1.29 is 9.18 Å². The molecule has 19 heavy (non-hydrogen) atoms. The van der Waals surface area contributed by atoms with Crippen LogP contribution in [0.5, 0.6) is 0 Å². The van der Waals surface area contributed by atoms with Crippen molar-refractivity contribution in [3.05, 3.63) is 35.1 Å². The first-order valence-electron chi connectivity index (χ1n) is 7.05. The molecule has 1 fully saturated rings. The summed E-state index contributed by atoms with van der Waals surface area (Å²) in [6, 6.07) is 5.35. The highest BCUT2D eigenvalue weighted by Crippen LogP contribution is 2.45. The molecule has 0 spiro atoms. The molecule has 0 N–H and O–H groups in total. The van der Waals surface area contributed by atoms with Crippen LogP contribution < -0.4 is 0 Å². The van der Waals surface area contributed by atoms with E-state index < -0.39 is 5.54 Å². The van der Waals surface area contributed by atoms with Gasteiger partial charge in [0.25, 0.3) is 0 Å². The van der Waals surface area contributed by atoms with Crippen molar-refractivity contribution in [1.29, 1.82) is 0 Å². The van der Waals surface area contributed by atoms with Crippen molar-refractivity contribution in [2.24, 2.45) is 4.99 Å². The predicted octanol–water partition coefficient (Wildman–Crippen LogP) is 4.44. The Balaban J connectivity index is 2.35. The molecule has 1 aromatic rings. The summed E-state index contributed by atoms with van der Waals surface area (Å²) < 4.78 is 14.3. The molecule has 0 radical (unpaired) electrons. The van der Waals surface area contributed by atoms with Gasteiger partial charge < -0.3 is 0 Å². The van der Waals surface area contributed by atoms with E-state index >= 15 is 0 Å². The van der Waals surface area contributed by atoms with E-state index in [2.05, 4.69) is 18.8 Å². The van der Waals surface area contributed by atoms with Crippen molar-refractivity contribution in [3.8, 4) is 0 Å². The molecular formula is C16H20FNO. The number of carbonyl (C=O) groups excluding carboxylic acids is 1. The largest absolute Gasteiger partial charge is 0.235 e. The van der Waals surface area contributed by atoms with Crippen LogP contribution in [0.3, 0.4) is 0 Å². The maximum absolute atomic E-state index is 14.3. The molecule has 1 aliphatic carbocycles. The van der Waals surface area contributed by atoms with Crippen LogP contribution in [0.1, 0.15) is 63.0 Å². The molecule has 0 bridgehead atoms. The number of halogens is 1. The molecule has 0 aromatic heterocycles. The lowest BCUT2D eigenvalue weighted by molar-refractivity contribution is 0.255. The fourth-order valence-electron chi connectivity index (χ4n) is 2.94. The van der Waals surface area contributed by atoms with Gasteiger partial charge in [0.05, 0.1) is 5.54 Å². The molecule has 3 heteroatoms. The van der Waals surface area contributed by atoms with Gasteiger partial charge in [0.1, 0.15) is 5.82 Å². The fourth-order valence-corrected chi connectivity index (χ4v) is 2.94. The Morgan fingerprint density at radius 1 is 1.37 bits per heavy atom. The fraction of sp³-hybridized carbons (Fsp3) is 0.562. The maximum atomic E-state index is 14.3. The monoisotopic (exact) mass is 261 g/mol. The van der Waals surface area contributed by atoms with Crippen LogP contribution in [-0.4, -0.2) is 6.08 Å². The number of rotatable bonds is 5. The first kappa shape index (κ1) is 14.0. The van der Waals surface area contributed by atoms with E-state index in [-0.39, 0.29) is 11.7 Å². The second-order valence-corrected chi connectivity index (χ2v) is 5.34. The number of isocyanates is 1. The summed E-state index contributed by atoms with van der Waals surface area (Å²) in [5.41, 5.74) is 1.09. The highest BCUT2D eigenvalue weighted by atomic mass is 19.1. The number of nitrogens with zero attached hydrogens (tertiary/aromatic N) is 1. The molecule has 1 saturated carbocycles. The molecule has 0 aliphatic heterocycles. The molecular weight excluding hydrogens is 241 g/mol. The summed E-state index contributed by atoms with van der Waals surface area (Å²) in [5, 5.41) is 0. The van der Waals surface area contributed by atoms with Crippen LogP contribution in [0.15, 0.2) is 23.2 Å². The van der Waals surface area contributed by atoms with Crippen LogP contribution in [0, 0.1) is 5.82 Å². The van der Waals surface area contributed by atoms with Gasteiger partial charge in [0.2, 0.25) is 6.08 Å². The Bertz CT molecular complexity index is 497. The molecule has 0 atom stereocenters. The van der Waals surface area contributed by atoms with Crippen LogP contribution in [0.4, 0.5) is 4.39 Å². The lowest BCUT2D eigenvalue weighted by atomic mass is 9.72. The summed E-state index contributed by atoms with van der Waals surface area (Å²) in [5.74, 6) is 0.0968. The Kier molecular flexibility index (Phi) is 4.16. The highest BCUT2D eigenvalue weighted by Gasteiger charge is 2.39. The van der Waals surface area contributed by atoms with Crippen LogP contribution in [0.2, 0.25) is 0 Å². The van der Waals surface area contributed by atoms with Crippen molar-refractivity contribution in [2.75, 3.05) is 0 Å². The molecule has 0 heterocycles. The van der Waals surface area contributed by atoms with E-state index in [1.54, 1.807) is 12.1 Å². The predicted molar refractivity (Wildman–Crippen MR) is 73.4 cm³/mol. The zero-order chi connectivity index (χ0) is 13.9. The Hall–Kier alpha value is -1.47. The van der Waals surface area contributed by atoms with E-state index in [1.165, 1.54) is 0 Å². The van der Waals surface area contributed by atoms with Crippen molar-refractivity contribution in [3.63, 3.8) is 0 Å². The molecule has 0 unspecified atom stereocenters. The SMILES string of the molecule is CCC(CC)c1ccc(C2(N=C=O)CCC2)cc1F. The first-order valence-corrected chi connectivity index (χ1v) is 7.05. The lowest BCUT2D eigenvalue weighted by Crippen LogP contribution is -2.32. The Morgan fingerprint density at radius 2 is 2.05 bits per heavy atom. The standard InChI is InChI=1S/C16H20FNO/c1-3-12(4-2)14-7-6-13(10-15(14)17)16(18-11-19)8-5-9-16/h6-7,10,12H,3-5,8-9H2,1-2H3. The van der Waals surface area contributed by atoms with Gasteiger partial charge in [-0.15, -0.1) is 0 Å². The minimum Gasteiger partial charge on any atom is -0.211 e. The van der Waals surface area contributed by atoms with Gasteiger partial charge in [-0.05, 0) is 55.2 Å². The van der Waals surface area contributed by atoms with Gasteiger partial charge in [-0.25, -0.2) is 9.18 Å². The second-order valence-electron chi connectivity index (χ2n) is 5.34. The smallest absolute Gasteiger partial charge is 0.211 e. The molecule has 1 aromatic carbocycles. The Labute approximate surface area is 113 Å². The number of aliphatic imine (C=N–C) groups is 1. The third-order valence-corrected chi connectivity index (χ3v) is 4.40. The van der Waals surface area contributed by atoms with E-state index in [0.717, 1.165) is 43.2 Å². The number of benzene rings is 1. The average molecular weight is 261 g/mol. The third-order valence-electron chi connectivity index (χ3n) is 4.40. The minimum atomic E-state index is -0.505. The lowest BCUT2D eigenvalue weighted by Gasteiger charge is -2.37. The van der Waals surface area contributed by atoms with Crippen LogP contribution >= 0.6 is 0 Å². The zero-order valence-electron chi connectivity index (χ0n) is 11.6. The van der Waals surface area contributed by atoms with Gasteiger partial charge in [0, 0.05) is 0 Å². The average Bonchev–Trinajstić information content (AvgIpc) is 2.37. The zero-order valence-corrected chi connectivity index (χ0v) is 11.6. The maximum Gasteiger partial charge on any atom is 0.235 e. The highest BCUT2D eigenvalue weighted by molar-refractivity contribution is 5.40. The number of hydrogen-bond donors (Lipinski definition) is 0. The van der Waals surface area contributed by atoms with Crippen molar-refractivity contribution in [2.45, 2.75) is 57.4 Å². The van der Waals surface area contributed by atoms with E-state index in [4.69, 9.17) is 0 Å².